The molecule has 1 aliphatic rings. The highest BCUT2D eigenvalue weighted by molar-refractivity contribution is 5.82. The van der Waals surface area contributed by atoms with E-state index >= 15 is 0 Å². The molecule has 3 aromatic heterocycles. The van der Waals surface area contributed by atoms with Crippen molar-refractivity contribution in [2.75, 3.05) is 13.7 Å². The van der Waals surface area contributed by atoms with Gasteiger partial charge in [0.15, 0.2) is 0 Å². The van der Waals surface area contributed by atoms with Crippen molar-refractivity contribution in [2.45, 2.75) is 33.2 Å². The second-order valence-corrected chi connectivity index (χ2v) is 7.66. The molecule has 0 N–H and O–H groups in total. The molecule has 4 rings (SSSR count). The Morgan fingerprint density at radius 2 is 1.96 bits per heavy atom. The van der Waals surface area contributed by atoms with E-state index in [0.29, 0.717) is 6.61 Å². The Morgan fingerprint density at radius 1 is 1.19 bits per heavy atom. The van der Waals surface area contributed by atoms with Gasteiger partial charge < -0.3 is 4.74 Å². The van der Waals surface area contributed by atoms with Gasteiger partial charge in [-0.25, -0.2) is 0 Å². The van der Waals surface area contributed by atoms with Crippen LogP contribution in [0.5, 0.6) is 0 Å². The summed E-state index contributed by atoms with van der Waals surface area (Å²) < 4.78 is 7.73. The van der Waals surface area contributed by atoms with Crippen LogP contribution in [0.25, 0.3) is 22.5 Å². The van der Waals surface area contributed by atoms with Crippen molar-refractivity contribution in [1.29, 1.82) is 0 Å². The molecule has 1 aliphatic heterocycles. The van der Waals surface area contributed by atoms with E-state index in [1.165, 1.54) is 5.69 Å². The van der Waals surface area contributed by atoms with E-state index in [0.717, 1.165) is 34.8 Å². The van der Waals surface area contributed by atoms with Crippen LogP contribution in [0, 0.1) is 12.3 Å². The Labute approximate surface area is 154 Å². The molecule has 5 heteroatoms. The minimum atomic E-state index is 0.0959. The molecule has 0 aromatic carbocycles. The quantitative estimate of drug-likeness (QED) is 0.713. The molecule has 134 valence electrons. The molecule has 26 heavy (non-hydrogen) atoms. The van der Waals surface area contributed by atoms with E-state index < -0.39 is 0 Å². The number of pyridine rings is 2. The molecule has 0 amide bonds. The van der Waals surface area contributed by atoms with E-state index in [-0.39, 0.29) is 11.3 Å². The summed E-state index contributed by atoms with van der Waals surface area (Å²) in [5.41, 5.74) is 6.45. The van der Waals surface area contributed by atoms with Crippen molar-refractivity contribution in [3.8, 4) is 22.5 Å². The molecule has 0 spiro atoms. The lowest BCUT2D eigenvalue weighted by atomic mass is 9.78. The van der Waals surface area contributed by atoms with Gasteiger partial charge in [-0.05, 0) is 42.2 Å². The SMILES string of the molecule is COCC1c2c(-c3ccncc3)c(-c3cccc(C)n3)nn2CC1(C)C. The molecule has 0 radical (unpaired) electrons. The maximum atomic E-state index is 5.57. The third-order valence-corrected chi connectivity index (χ3v) is 5.26. The largest absolute Gasteiger partial charge is 0.384 e. The Morgan fingerprint density at radius 3 is 2.65 bits per heavy atom. The fourth-order valence-electron chi connectivity index (χ4n) is 3.94. The van der Waals surface area contributed by atoms with E-state index in [2.05, 4.69) is 23.5 Å². The van der Waals surface area contributed by atoms with Gasteiger partial charge in [-0.15, -0.1) is 0 Å². The van der Waals surface area contributed by atoms with E-state index in [1.807, 2.05) is 49.6 Å². The minimum absolute atomic E-state index is 0.0959. The number of rotatable bonds is 4. The fourth-order valence-corrected chi connectivity index (χ4v) is 3.94. The maximum absolute atomic E-state index is 5.57. The predicted octanol–water partition coefficient (Wildman–Crippen LogP) is 4.09. The van der Waals surface area contributed by atoms with Crippen LogP contribution >= 0.6 is 0 Å². The molecule has 0 aliphatic carbocycles. The second-order valence-electron chi connectivity index (χ2n) is 7.66. The van der Waals surface area contributed by atoms with Gasteiger partial charge in [0, 0.05) is 43.2 Å². The van der Waals surface area contributed by atoms with E-state index in [4.69, 9.17) is 14.8 Å². The highest BCUT2D eigenvalue weighted by Gasteiger charge is 2.43. The Balaban J connectivity index is 1.97. The summed E-state index contributed by atoms with van der Waals surface area (Å²) in [7, 11) is 1.77. The number of aryl methyl sites for hydroxylation is 1. The first-order valence-electron chi connectivity index (χ1n) is 8.95. The number of nitrogens with zero attached hydrogens (tertiary/aromatic N) is 4. The standard InChI is InChI=1S/C21H24N4O/c1-14-6-5-7-17(23-14)19-18(15-8-10-22-11-9-15)20-16(12-26-4)21(2,3)13-25(20)24-19/h5-11,16H,12-13H2,1-4H3. The smallest absolute Gasteiger partial charge is 0.119 e. The van der Waals surface area contributed by atoms with Gasteiger partial charge in [0.2, 0.25) is 0 Å². The molecule has 0 bridgehead atoms. The number of hydrogen-bond donors (Lipinski definition) is 0. The summed E-state index contributed by atoms with van der Waals surface area (Å²) in [6, 6.07) is 10.2. The van der Waals surface area contributed by atoms with Crippen molar-refractivity contribution in [1.82, 2.24) is 19.7 Å². The zero-order valence-electron chi connectivity index (χ0n) is 15.7. The Kier molecular flexibility index (Phi) is 4.11. The molecule has 1 atom stereocenters. The molecule has 1 unspecified atom stereocenters. The summed E-state index contributed by atoms with van der Waals surface area (Å²) in [6.07, 6.45) is 3.66. The molecule has 3 aromatic rings. The average molecular weight is 348 g/mol. The van der Waals surface area contributed by atoms with Crippen LogP contribution in [0.4, 0.5) is 0 Å². The summed E-state index contributed by atoms with van der Waals surface area (Å²) in [5, 5.41) is 4.98. The monoisotopic (exact) mass is 348 g/mol. The van der Waals surface area contributed by atoms with Gasteiger partial charge in [-0.2, -0.15) is 5.10 Å². The zero-order chi connectivity index (χ0) is 18.3. The fraction of sp³-hybridized carbons (Fsp3) is 0.381. The molecule has 0 saturated carbocycles. The Hall–Kier alpha value is -2.53. The van der Waals surface area contributed by atoms with Crippen molar-refractivity contribution in [3.63, 3.8) is 0 Å². The predicted molar refractivity (Wildman–Crippen MR) is 102 cm³/mol. The highest BCUT2D eigenvalue weighted by Crippen LogP contribution is 2.49. The lowest BCUT2D eigenvalue weighted by molar-refractivity contribution is 0.132. The van der Waals surface area contributed by atoms with Crippen LogP contribution in [0.1, 0.15) is 31.2 Å². The maximum Gasteiger partial charge on any atom is 0.119 e. The van der Waals surface area contributed by atoms with Gasteiger partial charge in [0.05, 0.1) is 18.0 Å². The normalized spacial score (nSPS) is 18.1. The lowest BCUT2D eigenvalue weighted by Gasteiger charge is -2.26. The van der Waals surface area contributed by atoms with Crippen LogP contribution in [0.15, 0.2) is 42.7 Å². The average Bonchev–Trinajstić information content (AvgIpc) is 3.09. The van der Waals surface area contributed by atoms with Crippen LogP contribution in [0.3, 0.4) is 0 Å². The number of methoxy groups -OCH3 is 1. The van der Waals surface area contributed by atoms with Gasteiger partial charge in [-0.1, -0.05) is 19.9 Å². The van der Waals surface area contributed by atoms with E-state index in [9.17, 15) is 0 Å². The molecule has 0 saturated heterocycles. The summed E-state index contributed by atoms with van der Waals surface area (Å²) in [5.74, 6) is 0.279. The summed E-state index contributed by atoms with van der Waals surface area (Å²) >= 11 is 0. The van der Waals surface area contributed by atoms with Gasteiger partial charge in [-0.3, -0.25) is 14.6 Å². The Bertz CT molecular complexity index is 930. The van der Waals surface area contributed by atoms with Gasteiger partial charge in [0.1, 0.15) is 5.69 Å². The van der Waals surface area contributed by atoms with Crippen LogP contribution in [0.2, 0.25) is 0 Å². The highest BCUT2D eigenvalue weighted by atomic mass is 16.5. The first-order chi connectivity index (χ1) is 12.5. The van der Waals surface area contributed by atoms with Crippen molar-refractivity contribution < 1.29 is 4.74 Å². The summed E-state index contributed by atoms with van der Waals surface area (Å²) in [6.45, 7) is 8.13. The molecule has 5 nitrogen and oxygen atoms in total. The molecule has 4 heterocycles. The third-order valence-electron chi connectivity index (χ3n) is 5.26. The van der Waals surface area contributed by atoms with Crippen molar-refractivity contribution in [2.24, 2.45) is 5.41 Å². The van der Waals surface area contributed by atoms with E-state index in [1.54, 1.807) is 7.11 Å². The van der Waals surface area contributed by atoms with Crippen molar-refractivity contribution in [3.05, 3.63) is 54.1 Å². The van der Waals surface area contributed by atoms with Crippen LogP contribution in [-0.4, -0.2) is 33.5 Å². The van der Waals surface area contributed by atoms with Gasteiger partial charge >= 0.3 is 0 Å². The minimum Gasteiger partial charge on any atom is -0.384 e. The molecular formula is C21H24N4O. The van der Waals surface area contributed by atoms with Crippen molar-refractivity contribution >= 4 is 0 Å². The lowest BCUT2D eigenvalue weighted by Crippen LogP contribution is -2.22. The zero-order valence-corrected chi connectivity index (χ0v) is 15.7. The second kappa shape index (κ2) is 6.32. The number of fused-ring (bicyclic) bond motifs is 1. The third kappa shape index (κ3) is 2.72. The first kappa shape index (κ1) is 16.9. The van der Waals surface area contributed by atoms with Gasteiger partial charge in [0.25, 0.3) is 0 Å². The first-order valence-corrected chi connectivity index (χ1v) is 8.95. The topological polar surface area (TPSA) is 52.8 Å². The number of aromatic nitrogens is 4. The molecular weight excluding hydrogens is 324 g/mol. The number of hydrogen-bond acceptors (Lipinski definition) is 4. The number of ether oxygens (including phenoxy) is 1. The van der Waals surface area contributed by atoms with Crippen LogP contribution in [-0.2, 0) is 11.3 Å². The molecule has 0 fully saturated rings. The summed E-state index contributed by atoms with van der Waals surface area (Å²) in [4.78, 5) is 8.91. The van der Waals surface area contributed by atoms with Crippen LogP contribution < -0.4 is 0 Å².